The van der Waals surface area contributed by atoms with Gasteiger partial charge in [0, 0.05) is 5.56 Å². The van der Waals surface area contributed by atoms with E-state index in [0.717, 1.165) is 6.07 Å². The molecule has 0 saturated carbocycles. The van der Waals surface area contributed by atoms with Crippen molar-refractivity contribution >= 4 is 11.7 Å². The number of hydrogen-bond donors (Lipinski definition) is 0. The molecule has 0 unspecified atom stereocenters. The Kier molecular flexibility index (Phi) is 3.05. The number of halogens is 3. The number of alkyl halides is 3. The minimum atomic E-state index is -4.75. The predicted octanol–water partition coefficient (Wildman–Crippen LogP) is 1.17. The number of carboxylic acid groups (broad SMARTS) is 1. The molecule has 0 aliphatic rings. The van der Waals surface area contributed by atoms with Gasteiger partial charge in [0.05, 0.1) is 5.69 Å². The number of nitrogens with zero attached hydrogens (tertiary/aromatic N) is 4. The second kappa shape index (κ2) is 4.79. The third-order valence-electron chi connectivity index (χ3n) is 2.85. The van der Waals surface area contributed by atoms with Crippen molar-refractivity contribution in [3.8, 4) is 11.3 Å². The summed E-state index contributed by atoms with van der Waals surface area (Å²) in [6, 6.07) is 8.94. The van der Waals surface area contributed by atoms with Crippen LogP contribution in [0.25, 0.3) is 17.0 Å². The van der Waals surface area contributed by atoms with Gasteiger partial charge in [-0.2, -0.15) is 22.7 Å². The largest absolute Gasteiger partial charge is 0.541 e. The van der Waals surface area contributed by atoms with E-state index in [1.54, 1.807) is 30.3 Å². The van der Waals surface area contributed by atoms with E-state index in [0.29, 0.717) is 10.1 Å². The molecular formula is C13H6F3N4O2-. The van der Waals surface area contributed by atoms with Crippen LogP contribution >= 0.6 is 0 Å². The van der Waals surface area contributed by atoms with Gasteiger partial charge in [0.1, 0.15) is 5.97 Å². The van der Waals surface area contributed by atoms with Crippen LogP contribution in [0.2, 0.25) is 0 Å². The number of carbonyl (C=O) groups excluding carboxylic acids is 1. The number of benzene rings is 1. The minimum absolute atomic E-state index is 0.0118. The van der Waals surface area contributed by atoms with Crippen LogP contribution in [0.3, 0.4) is 0 Å². The summed E-state index contributed by atoms with van der Waals surface area (Å²) in [4.78, 5) is 18.1. The Morgan fingerprint density at radius 1 is 1.14 bits per heavy atom. The number of fused-ring (bicyclic) bond motifs is 1. The van der Waals surface area contributed by atoms with E-state index in [2.05, 4.69) is 15.1 Å². The number of carbonyl (C=O) groups is 1. The van der Waals surface area contributed by atoms with E-state index in [9.17, 15) is 23.1 Å². The van der Waals surface area contributed by atoms with Gasteiger partial charge in [0.25, 0.3) is 5.78 Å². The maximum absolute atomic E-state index is 13.1. The fraction of sp³-hybridized carbons (Fsp3) is 0.0769. The van der Waals surface area contributed by atoms with Crippen LogP contribution in [0, 0.1) is 0 Å². The normalized spacial score (nSPS) is 11.8. The molecule has 2 aromatic heterocycles. The van der Waals surface area contributed by atoms with Gasteiger partial charge in [-0.1, -0.05) is 30.3 Å². The van der Waals surface area contributed by atoms with Gasteiger partial charge < -0.3 is 9.90 Å². The van der Waals surface area contributed by atoms with E-state index >= 15 is 0 Å². The van der Waals surface area contributed by atoms with Gasteiger partial charge in [-0.15, -0.1) is 5.10 Å². The minimum Gasteiger partial charge on any atom is -0.541 e. The first-order valence-corrected chi connectivity index (χ1v) is 5.98. The zero-order chi connectivity index (χ0) is 15.9. The van der Waals surface area contributed by atoms with E-state index in [-0.39, 0.29) is 5.69 Å². The number of aromatic carboxylic acids is 1. The average molecular weight is 307 g/mol. The lowest BCUT2D eigenvalue weighted by Crippen LogP contribution is -2.24. The van der Waals surface area contributed by atoms with Gasteiger partial charge in [-0.05, 0) is 6.07 Å². The standard InChI is InChI=1S/C13H7F3N4O2/c14-13(15,16)9-6-8(7-4-2-1-3-5-7)17-12-18-10(11(21)22)19-20(9)12/h1-6H,(H,21,22)/p-1. The Hall–Kier alpha value is -2.97. The molecule has 0 N–H and O–H groups in total. The molecule has 22 heavy (non-hydrogen) atoms. The molecule has 3 rings (SSSR count). The van der Waals surface area contributed by atoms with Gasteiger partial charge >= 0.3 is 6.18 Å². The molecule has 0 radical (unpaired) electrons. The first-order chi connectivity index (χ1) is 10.4. The topological polar surface area (TPSA) is 83.2 Å². The van der Waals surface area contributed by atoms with E-state index in [1.165, 1.54) is 0 Å². The Labute approximate surface area is 120 Å². The third kappa shape index (κ3) is 2.36. The molecule has 0 saturated heterocycles. The van der Waals surface area contributed by atoms with Crippen LogP contribution in [-0.2, 0) is 6.18 Å². The first-order valence-electron chi connectivity index (χ1n) is 5.98. The molecule has 0 amide bonds. The summed E-state index contributed by atoms with van der Waals surface area (Å²) < 4.78 is 39.8. The average Bonchev–Trinajstić information content (AvgIpc) is 2.90. The van der Waals surface area contributed by atoms with Crippen molar-refractivity contribution in [1.82, 2.24) is 19.6 Å². The van der Waals surface area contributed by atoms with E-state index < -0.39 is 29.4 Å². The summed E-state index contributed by atoms with van der Waals surface area (Å²) in [7, 11) is 0. The quantitative estimate of drug-likeness (QED) is 0.710. The van der Waals surface area contributed by atoms with Crippen LogP contribution in [0.1, 0.15) is 16.3 Å². The highest BCUT2D eigenvalue weighted by Gasteiger charge is 2.35. The fourth-order valence-corrected chi connectivity index (χ4v) is 1.91. The third-order valence-corrected chi connectivity index (χ3v) is 2.85. The van der Waals surface area contributed by atoms with Crippen molar-refractivity contribution in [2.45, 2.75) is 6.18 Å². The molecule has 0 spiro atoms. The first kappa shape index (κ1) is 14.0. The molecule has 1 aromatic carbocycles. The van der Waals surface area contributed by atoms with Crippen LogP contribution in [0.4, 0.5) is 13.2 Å². The van der Waals surface area contributed by atoms with Gasteiger partial charge in [-0.25, -0.2) is 4.98 Å². The molecule has 2 heterocycles. The summed E-state index contributed by atoms with van der Waals surface area (Å²) in [6.07, 6.45) is -4.75. The fourth-order valence-electron chi connectivity index (χ4n) is 1.91. The molecule has 112 valence electrons. The van der Waals surface area contributed by atoms with Crippen LogP contribution in [0.5, 0.6) is 0 Å². The number of hydrogen-bond acceptors (Lipinski definition) is 5. The number of rotatable bonds is 2. The van der Waals surface area contributed by atoms with Crippen LogP contribution in [-0.4, -0.2) is 25.6 Å². The number of aromatic nitrogens is 4. The highest BCUT2D eigenvalue weighted by atomic mass is 19.4. The second-order valence-corrected chi connectivity index (χ2v) is 4.33. The van der Waals surface area contributed by atoms with Crippen molar-refractivity contribution in [2.24, 2.45) is 0 Å². The lowest BCUT2D eigenvalue weighted by molar-refractivity contribution is -0.256. The van der Waals surface area contributed by atoms with Crippen molar-refractivity contribution < 1.29 is 23.1 Å². The molecule has 3 aromatic rings. The van der Waals surface area contributed by atoms with Crippen molar-refractivity contribution in [1.29, 1.82) is 0 Å². The van der Waals surface area contributed by atoms with Gasteiger partial charge in [-0.3, -0.25) is 0 Å². The van der Waals surface area contributed by atoms with Crippen LogP contribution < -0.4 is 5.11 Å². The highest BCUT2D eigenvalue weighted by Crippen LogP contribution is 2.31. The zero-order valence-electron chi connectivity index (χ0n) is 10.7. The number of carboxylic acids is 1. The van der Waals surface area contributed by atoms with Crippen molar-refractivity contribution in [2.75, 3.05) is 0 Å². The highest BCUT2D eigenvalue weighted by molar-refractivity contribution is 5.81. The Balaban J connectivity index is 2.31. The maximum atomic E-state index is 13.1. The van der Waals surface area contributed by atoms with Crippen LogP contribution in [0.15, 0.2) is 36.4 Å². The SMILES string of the molecule is O=C([O-])c1nc2nc(-c3ccccc3)cc(C(F)(F)F)n2n1. The van der Waals surface area contributed by atoms with E-state index in [4.69, 9.17) is 0 Å². The van der Waals surface area contributed by atoms with Gasteiger partial charge in [0.2, 0.25) is 0 Å². The molecular weight excluding hydrogens is 301 g/mol. The molecule has 0 bridgehead atoms. The predicted molar refractivity (Wildman–Crippen MR) is 65.6 cm³/mol. The zero-order valence-corrected chi connectivity index (χ0v) is 10.7. The summed E-state index contributed by atoms with van der Waals surface area (Å²) >= 11 is 0. The molecule has 0 aliphatic carbocycles. The van der Waals surface area contributed by atoms with E-state index in [1.807, 2.05) is 0 Å². The lowest BCUT2D eigenvalue weighted by Gasteiger charge is -2.10. The Bertz CT molecular complexity index is 859. The summed E-state index contributed by atoms with van der Waals surface area (Å²) in [5.41, 5.74) is -0.720. The second-order valence-electron chi connectivity index (χ2n) is 4.33. The Morgan fingerprint density at radius 2 is 1.82 bits per heavy atom. The molecule has 0 fully saturated rings. The molecule has 0 aliphatic heterocycles. The molecule has 9 heteroatoms. The summed E-state index contributed by atoms with van der Waals surface area (Å²) in [5.74, 6) is -3.10. The maximum Gasteiger partial charge on any atom is 0.433 e. The summed E-state index contributed by atoms with van der Waals surface area (Å²) in [6.45, 7) is 0. The van der Waals surface area contributed by atoms with Crippen molar-refractivity contribution in [3.05, 3.63) is 47.9 Å². The lowest BCUT2D eigenvalue weighted by atomic mass is 10.1. The molecule has 6 nitrogen and oxygen atoms in total. The summed E-state index contributed by atoms with van der Waals surface area (Å²) in [5, 5.41) is 14.0. The molecule has 0 atom stereocenters. The Morgan fingerprint density at radius 3 is 2.41 bits per heavy atom. The van der Waals surface area contributed by atoms with Gasteiger partial charge in [0.15, 0.2) is 11.5 Å². The smallest absolute Gasteiger partial charge is 0.433 e. The monoisotopic (exact) mass is 307 g/mol. The van der Waals surface area contributed by atoms with Crippen molar-refractivity contribution in [3.63, 3.8) is 0 Å².